The monoisotopic (exact) mass is 372 g/mol. The number of aromatic carboxylic acids is 1. The minimum absolute atomic E-state index is 0.104. The molecule has 1 aliphatic rings. The summed E-state index contributed by atoms with van der Waals surface area (Å²) in [6.07, 6.45) is 2.16. The summed E-state index contributed by atoms with van der Waals surface area (Å²) in [5, 5.41) is 15.6. The van der Waals surface area contributed by atoms with Crippen molar-refractivity contribution in [1.82, 2.24) is 5.32 Å². The van der Waals surface area contributed by atoms with Crippen LogP contribution in [-0.2, 0) is 4.79 Å². The Kier molecular flexibility index (Phi) is 6.08. The molecule has 0 atom stereocenters. The summed E-state index contributed by atoms with van der Waals surface area (Å²) in [6, 6.07) is 4.65. The summed E-state index contributed by atoms with van der Waals surface area (Å²) in [6.45, 7) is 2.01. The maximum absolute atomic E-state index is 11.9. The van der Waals surface area contributed by atoms with Gasteiger partial charge in [-0.1, -0.05) is 15.9 Å². The van der Waals surface area contributed by atoms with Crippen LogP contribution in [0.5, 0.6) is 0 Å². The lowest BCUT2D eigenvalue weighted by molar-refractivity contribution is -0.113. The van der Waals surface area contributed by atoms with E-state index in [0.717, 1.165) is 25.9 Å². The summed E-state index contributed by atoms with van der Waals surface area (Å²) in [4.78, 5) is 22.9. The first-order valence-corrected chi connectivity index (χ1v) is 8.55. The van der Waals surface area contributed by atoms with Gasteiger partial charge in [0.1, 0.15) is 0 Å². The second-order valence-corrected chi connectivity index (χ2v) is 7.05. The van der Waals surface area contributed by atoms with E-state index in [-0.39, 0.29) is 11.5 Å². The van der Waals surface area contributed by atoms with Crippen molar-refractivity contribution < 1.29 is 14.7 Å². The Bertz CT molecular complexity index is 533. The van der Waals surface area contributed by atoms with Crippen LogP contribution in [0.25, 0.3) is 0 Å². The Morgan fingerprint density at radius 1 is 1.33 bits per heavy atom. The quantitative estimate of drug-likeness (QED) is 0.740. The largest absolute Gasteiger partial charge is 0.478 e. The van der Waals surface area contributed by atoms with Crippen molar-refractivity contribution in [2.45, 2.75) is 18.1 Å². The fourth-order valence-corrected chi connectivity index (χ4v) is 3.66. The van der Waals surface area contributed by atoms with Gasteiger partial charge in [0.25, 0.3) is 0 Å². The molecule has 1 saturated heterocycles. The van der Waals surface area contributed by atoms with E-state index in [1.165, 1.54) is 12.1 Å². The van der Waals surface area contributed by atoms with E-state index in [4.69, 9.17) is 5.11 Å². The Hall–Kier alpha value is -1.05. The smallest absolute Gasteiger partial charge is 0.335 e. The van der Waals surface area contributed by atoms with Gasteiger partial charge >= 0.3 is 5.97 Å². The highest BCUT2D eigenvalue weighted by Gasteiger charge is 2.15. The number of hydrogen-bond donors (Lipinski definition) is 3. The lowest BCUT2D eigenvalue weighted by atomic mass is 10.2. The third kappa shape index (κ3) is 5.33. The number of piperidine rings is 1. The molecule has 1 aromatic carbocycles. The molecule has 1 aromatic rings. The van der Waals surface area contributed by atoms with Crippen molar-refractivity contribution in [3.8, 4) is 0 Å². The molecule has 0 bridgehead atoms. The van der Waals surface area contributed by atoms with Gasteiger partial charge in [-0.2, -0.15) is 0 Å². The van der Waals surface area contributed by atoms with E-state index in [0.29, 0.717) is 21.2 Å². The summed E-state index contributed by atoms with van der Waals surface area (Å²) in [5.74, 6) is -0.733. The zero-order chi connectivity index (χ0) is 15.2. The molecule has 3 N–H and O–H groups in total. The predicted octanol–water partition coefficient (Wildman–Crippen LogP) is 2.57. The number of halogens is 1. The highest BCUT2D eigenvalue weighted by Crippen LogP contribution is 2.22. The summed E-state index contributed by atoms with van der Waals surface area (Å²) in [5.41, 5.74) is 0.642. The zero-order valence-electron chi connectivity index (χ0n) is 11.4. The topological polar surface area (TPSA) is 78.4 Å². The van der Waals surface area contributed by atoms with Crippen molar-refractivity contribution in [1.29, 1.82) is 0 Å². The highest BCUT2D eigenvalue weighted by atomic mass is 79.9. The lowest BCUT2D eigenvalue weighted by Crippen LogP contribution is -2.30. The maximum Gasteiger partial charge on any atom is 0.335 e. The van der Waals surface area contributed by atoms with Crippen LogP contribution in [0.1, 0.15) is 23.2 Å². The van der Waals surface area contributed by atoms with E-state index in [1.54, 1.807) is 17.8 Å². The molecule has 5 nitrogen and oxygen atoms in total. The van der Waals surface area contributed by atoms with E-state index in [2.05, 4.69) is 26.6 Å². The Balaban J connectivity index is 1.88. The molecule has 114 valence electrons. The number of benzene rings is 1. The number of amides is 1. The predicted molar refractivity (Wildman–Crippen MR) is 88.1 cm³/mol. The molecule has 1 fully saturated rings. The number of hydrogen-bond acceptors (Lipinski definition) is 4. The summed E-state index contributed by atoms with van der Waals surface area (Å²) >= 11 is 4.91. The number of carbonyl (C=O) groups excluding carboxylic acids is 1. The average Bonchev–Trinajstić information content (AvgIpc) is 2.45. The molecule has 21 heavy (non-hydrogen) atoms. The first-order valence-electron chi connectivity index (χ1n) is 6.70. The standard InChI is InChI=1S/C14H17BrN2O3S/c15-10-5-9(14(19)20)6-11(7-10)17-13(18)8-21-12-1-3-16-4-2-12/h5-7,12,16H,1-4,8H2,(H,17,18)(H,19,20). The molecular weight excluding hydrogens is 356 g/mol. The first kappa shape index (κ1) is 16.3. The van der Waals surface area contributed by atoms with Crippen LogP contribution in [0, 0.1) is 0 Å². The van der Waals surface area contributed by atoms with E-state index >= 15 is 0 Å². The third-order valence-electron chi connectivity index (χ3n) is 3.16. The van der Waals surface area contributed by atoms with E-state index in [1.807, 2.05) is 0 Å². The summed E-state index contributed by atoms with van der Waals surface area (Å²) in [7, 11) is 0. The molecule has 7 heteroatoms. The molecule has 2 rings (SSSR count). The molecular formula is C14H17BrN2O3S. The van der Waals surface area contributed by atoms with Gasteiger partial charge in [-0.3, -0.25) is 4.79 Å². The number of anilines is 1. The van der Waals surface area contributed by atoms with Gasteiger partial charge < -0.3 is 15.7 Å². The van der Waals surface area contributed by atoms with E-state index in [9.17, 15) is 9.59 Å². The molecule has 1 amide bonds. The van der Waals surface area contributed by atoms with Gasteiger partial charge in [-0.15, -0.1) is 11.8 Å². The van der Waals surface area contributed by atoms with Crippen LogP contribution >= 0.6 is 27.7 Å². The van der Waals surface area contributed by atoms with Crippen LogP contribution in [-0.4, -0.2) is 41.1 Å². The van der Waals surface area contributed by atoms with Crippen LogP contribution < -0.4 is 10.6 Å². The zero-order valence-corrected chi connectivity index (χ0v) is 13.8. The third-order valence-corrected chi connectivity index (χ3v) is 4.99. The highest BCUT2D eigenvalue weighted by molar-refractivity contribution is 9.10. The van der Waals surface area contributed by atoms with Crippen LogP contribution in [0.3, 0.4) is 0 Å². The average molecular weight is 373 g/mol. The molecule has 0 saturated carbocycles. The van der Waals surface area contributed by atoms with Crippen molar-refractivity contribution in [2.24, 2.45) is 0 Å². The molecule has 0 unspecified atom stereocenters. The fourth-order valence-electron chi connectivity index (χ4n) is 2.14. The van der Waals surface area contributed by atoms with Gasteiger partial charge in [0.15, 0.2) is 0 Å². The van der Waals surface area contributed by atoms with Gasteiger partial charge in [-0.25, -0.2) is 4.79 Å². The SMILES string of the molecule is O=C(CSC1CCNCC1)Nc1cc(Br)cc(C(=O)O)c1. The number of rotatable bonds is 5. The molecule has 0 aromatic heterocycles. The lowest BCUT2D eigenvalue weighted by Gasteiger charge is -2.21. The second-order valence-electron chi connectivity index (χ2n) is 4.84. The van der Waals surface area contributed by atoms with Crippen molar-refractivity contribution in [3.05, 3.63) is 28.2 Å². The first-order chi connectivity index (χ1) is 10.0. The fraction of sp³-hybridized carbons (Fsp3) is 0.429. The van der Waals surface area contributed by atoms with Crippen LogP contribution in [0.2, 0.25) is 0 Å². The molecule has 1 heterocycles. The summed E-state index contributed by atoms with van der Waals surface area (Å²) < 4.78 is 0.628. The number of carbonyl (C=O) groups is 2. The normalized spacial score (nSPS) is 15.7. The van der Waals surface area contributed by atoms with Gasteiger partial charge in [-0.05, 0) is 44.1 Å². The van der Waals surface area contributed by atoms with Crippen molar-refractivity contribution >= 4 is 45.3 Å². The van der Waals surface area contributed by atoms with Crippen molar-refractivity contribution in [2.75, 3.05) is 24.2 Å². The number of thioether (sulfide) groups is 1. The molecule has 0 radical (unpaired) electrons. The Morgan fingerprint density at radius 2 is 2.05 bits per heavy atom. The van der Waals surface area contributed by atoms with Crippen molar-refractivity contribution in [3.63, 3.8) is 0 Å². The maximum atomic E-state index is 11.9. The molecule has 0 spiro atoms. The molecule has 0 aliphatic carbocycles. The minimum Gasteiger partial charge on any atom is -0.478 e. The minimum atomic E-state index is -1.02. The van der Waals surface area contributed by atoms with Crippen LogP contribution in [0.4, 0.5) is 5.69 Å². The molecule has 1 aliphatic heterocycles. The number of carboxylic acid groups (broad SMARTS) is 1. The number of carboxylic acids is 1. The number of nitrogens with one attached hydrogen (secondary N) is 2. The van der Waals surface area contributed by atoms with E-state index < -0.39 is 5.97 Å². The van der Waals surface area contributed by atoms with Gasteiger partial charge in [0.05, 0.1) is 11.3 Å². The van der Waals surface area contributed by atoms with Gasteiger partial charge in [0.2, 0.25) is 5.91 Å². The Labute approximate surface area is 136 Å². The van der Waals surface area contributed by atoms with Gasteiger partial charge in [0, 0.05) is 15.4 Å². The Morgan fingerprint density at radius 3 is 2.71 bits per heavy atom. The second kappa shape index (κ2) is 7.82. The van der Waals surface area contributed by atoms with Crippen LogP contribution in [0.15, 0.2) is 22.7 Å².